The van der Waals surface area contributed by atoms with Gasteiger partial charge in [-0.2, -0.15) is 5.26 Å². The average molecular weight is 388 g/mol. The van der Waals surface area contributed by atoms with E-state index in [4.69, 9.17) is 4.42 Å². The number of rotatable bonds is 5. The van der Waals surface area contributed by atoms with Crippen molar-refractivity contribution in [3.63, 3.8) is 0 Å². The molecule has 27 heavy (non-hydrogen) atoms. The number of furan rings is 1. The molecule has 0 spiro atoms. The normalized spacial score (nSPS) is 15.4. The van der Waals surface area contributed by atoms with Crippen LogP contribution >= 0.6 is 11.3 Å². The molecule has 3 rings (SSSR count). The van der Waals surface area contributed by atoms with Crippen molar-refractivity contribution in [3.05, 3.63) is 33.6 Å². The molecule has 0 radical (unpaired) electrons. The number of nitriles is 1. The van der Waals surface area contributed by atoms with Crippen molar-refractivity contribution >= 4 is 39.5 Å². The number of aromatic nitrogens is 2. The van der Waals surface area contributed by atoms with E-state index in [9.17, 15) is 20.2 Å². The van der Waals surface area contributed by atoms with Crippen molar-refractivity contribution in [2.75, 3.05) is 23.3 Å². The minimum Gasteiger partial charge on any atom is -0.401 e. The fraction of sp³-hybridized carbons (Fsp3) is 0.375. The van der Waals surface area contributed by atoms with Crippen LogP contribution in [-0.4, -0.2) is 34.1 Å². The third kappa shape index (κ3) is 4.48. The molecule has 2 aromatic rings. The van der Waals surface area contributed by atoms with Gasteiger partial charge in [-0.25, -0.2) is 0 Å². The first-order valence-electron chi connectivity index (χ1n) is 8.22. The van der Waals surface area contributed by atoms with E-state index in [1.165, 1.54) is 17.4 Å². The van der Waals surface area contributed by atoms with Gasteiger partial charge >= 0.3 is 5.88 Å². The molecular weight excluding hydrogens is 372 g/mol. The maximum atomic E-state index is 12.3. The SMILES string of the molecule is CC1CCN(c2nnc(NC(=O)C(C#N)=Cc3ccc([N+](=O)[O-])o3)s2)CC1. The highest BCUT2D eigenvalue weighted by Gasteiger charge is 2.20. The monoisotopic (exact) mass is 388 g/mol. The van der Waals surface area contributed by atoms with Crippen molar-refractivity contribution in [2.45, 2.75) is 19.8 Å². The summed E-state index contributed by atoms with van der Waals surface area (Å²) in [5, 5.41) is 31.4. The summed E-state index contributed by atoms with van der Waals surface area (Å²) in [6.45, 7) is 4.00. The second-order valence-corrected chi connectivity index (χ2v) is 7.07. The highest BCUT2D eigenvalue weighted by Crippen LogP contribution is 2.28. The van der Waals surface area contributed by atoms with Gasteiger partial charge in [0.15, 0.2) is 0 Å². The van der Waals surface area contributed by atoms with Crippen molar-refractivity contribution in [3.8, 4) is 6.07 Å². The number of amides is 1. The molecule has 3 heterocycles. The molecule has 0 saturated carbocycles. The number of hydrogen-bond acceptors (Lipinski definition) is 9. The highest BCUT2D eigenvalue weighted by atomic mass is 32.1. The van der Waals surface area contributed by atoms with Gasteiger partial charge in [0.2, 0.25) is 10.3 Å². The lowest BCUT2D eigenvalue weighted by Crippen LogP contribution is -2.32. The summed E-state index contributed by atoms with van der Waals surface area (Å²) in [5.41, 5.74) is -0.261. The molecule has 0 bridgehead atoms. The van der Waals surface area contributed by atoms with Crippen molar-refractivity contribution in [1.29, 1.82) is 5.26 Å². The highest BCUT2D eigenvalue weighted by molar-refractivity contribution is 7.19. The van der Waals surface area contributed by atoms with Gasteiger partial charge in [0, 0.05) is 19.2 Å². The van der Waals surface area contributed by atoms with E-state index in [0.29, 0.717) is 5.92 Å². The van der Waals surface area contributed by atoms with Gasteiger partial charge in [-0.05, 0) is 24.8 Å². The molecule has 1 saturated heterocycles. The molecule has 0 aromatic carbocycles. The first kappa shape index (κ1) is 18.5. The summed E-state index contributed by atoms with van der Waals surface area (Å²) < 4.78 is 4.93. The third-order valence-electron chi connectivity index (χ3n) is 4.13. The van der Waals surface area contributed by atoms with E-state index >= 15 is 0 Å². The van der Waals surface area contributed by atoms with Crippen molar-refractivity contribution in [1.82, 2.24) is 10.2 Å². The van der Waals surface area contributed by atoms with Crippen LogP contribution in [0.1, 0.15) is 25.5 Å². The average Bonchev–Trinajstić information content (AvgIpc) is 3.30. The molecule has 2 aromatic heterocycles. The molecule has 10 nitrogen and oxygen atoms in total. The van der Waals surface area contributed by atoms with Crippen LogP contribution in [0.4, 0.5) is 16.1 Å². The summed E-state index contributed by atoms with van der Waals surface area (Å²) >= 11 is 1.23. The number of nitro groups is 1. The van der Waals surface area contributed by atoms with Gasteiger partial charge in [-0.15, -0.1) is 10.2 Å². The number of piperidine rings is 1. The van der Waals surface area contributed by atoms with Crippen molar-refractivity contribution in [2.24, 2.45) is 5.92 Å². The Kier molecular flexibility index (Phi) is 5.46. The molecule has 1 fully saturated rings. The molecule has 1 aliphatic rings. The summed E-state index contributed by atoms with van der Waals surface area (Å²) in [4.78, 5) is 24.3. The smallest absolute Gasteiger partial charge is 0.401 e. The number of nitrogens with one attached hydrogen (secondary N) is 1. The Labute approximate surface area is 158 Å². The van der Waals surface area contributed by atoms with E-state index in [2.05, 4.69) is 27.3 Å². The van der Waals surface area contributed by atoms with E-state index in [0.717, 1.165) is 43.2 Å². The van der Waals surface area contributed by atoms with Crippen molar-refractivity contribution < 1.29 is 14.1 Å². The summed E-state index contributed by atoms with van der Waals surface area (Å²) in [5.74, 6) is -0.432. The van der Waals surface area contributed by atoms with Crippen LogP contribution in [-0.2, 0) is 4.79 Å². The minimum atomic E-state index is -0.701. The van der Waals surface area contributed by atoms with Crippen LogP contribution < -0.4 is 10.2 Å². The standard InChI is InChI=1S/C16H16N6O4S/c1-10-4-6-21(7-5-10)16-20-19-15(27-16)18-14(23)11(9-17)8-12-2-3-13(26-12)22(24)25/h2-3,8,10H,4-7H2,1H3,(H,18,19,23). The van der Waals surface area contributed by atoms with Crippen LogP contribution in [0.5, 0.6) is 0 Å². The zero-order valence-electron chi connectivity index (χ0n) is 14.4. The van der Waals surface area contributed by atoms with Gasteiger partial charge in [0.25, 0.3) is 5.91 Å². The predicted molar refractivity (Wildman–Crippen MR) is 98.1 cm³/mol. The Hall–Kier alpha value is -3.26. The molecule has 140 valence electrons. The van der Waals surface area contributed by atoms with Gasteiger partial charge in [-0.1, -0.05) is 18.3 Å². The lowest BCUT2D eigenvalue weighted by molar-refractivity contribution is -0.402. The first-order chi connectivity index (χ1) is 13.0. The first-order valence-corrected chi connectivity index (χ1v) is 9.03. The lowest BCUT2D eigenvalue weighted by atomic mass is 10.00. The van der Waals surface area contributed by atoms with Gasteiger partial charge < -0.3 is 9.32 Å². The number of hydrogen-bond donors (Lipinski definition) is 1. The molecule has 0 aliphatic carbocycles. The second-order valence-electron chi connectivity index (χ2n) is 6.12. The lowest BCUT2D eigenvalue weighted by Gasteiger charge is -2.29. The van der Waals surface area contributed by atoms with E-state index < -0.39 is 16.7 Å². The van der Waals surface area contributed by atoms with Gasteiger partial charge in [0.1, 0.15) is 22.3 Å². The fourth-order valence-corrected chi connectivity index (χ4v) is 3.36. The Morgan fingerprint density at radius 3 is 2.85 bits per heavy atom. The zero-order chi connectivity index (χ0) is 19.4. The largest absolute Gasteiger partial charge is 0.433 e. The molecule has 0 atom stereocenters. The third-order valence-corrected chi connectivity index (χ3v) is 5.03. The molecule has 1 aliphatic heterocycles. The van der Waals surface area contributed by atoms with Crippen LogP contribution in [0.3, 0.4) is 0 Å². The predicted octanol–water partition coefficient (Wildman–Crippen LogP) is 2.82. The van der Waals surface area contributed by atoms with E-state index in [1.807, 2.05) is 0 Å². The number of anilines is 2. The molecule has 1 amide bonds. The van der Waals surface area contributed by atoms with E-state index in [1.54, 1.807) is 6.07 Å². The van der Waals surface area contributed by atoms with Crippen LogP contribution in [0.15, 0.2) is 22.1 Å². The van der Waals surface area contributed by atoms with Gasteiger partial charge in [0.05, 0.1) is 6.07 Å². The molecule has 1 N–H and O–H groups in total. The number of carbonyl (C=O) groups is 1. The van der Waals surface area contributed by atoms with Crippen LogP contribution in [0.2, 0.25) is 0 Å². The number of nitrogens with zero attached hydrogens (tertiary/aromatic N) is 5. The Bertz CT molecular complexity index is 919. The maximum Gasteiger partial charge on any atom is 0.433 e. The van der Waals surface area contributed by atoms with E-state index in [-0.39, 0.29) is 16.5 Å². The van der Waals surface area contributed by atoms with Crippen LogP contribution in [0, 0.1) is 27.4 Å². The minimum absolute atomic E-state index is 0.0359. The second kappa shape index (κ2) is 7.96. The topological polar surface area (TPSA) is 138 Å². The molecular formula is C16H16N6O4S. The Balaban J connectivity index is 1.67. The molecule has 11 heteroatoms. The Morgan fingerprint density at radius 1 is 1.48 bits per heavy atom. The quantitative estimate of drug-likeness (QED) is 0.357. The Morgan fingerprint density at radius 2 is 2.22 bits per heavy atom. The summed E-state index contributed by atoms with van der Waals surface area (Å²) in [6, 6.07) is 4.21. The maximum absolute atomic E-state index is 12.3. The summed E-state index contributed by atoms with van der Waals surface area (Å²) in [7, 11) is 0. The van der Waals surface area contributed by atoms with Gasteiger partial charge in [-0.3, -0.25) is 20.2 Å². The number of carbonyl (C=O) groups excluding carboxylic acids is 1. The molecule has 0 unspecified atom stereocenters. The fourth-order valence-electron chi connectivity index (χ4n) is 2.57. The van der Waals surface area contributed by atoms with Crippen LogP contribution in [0.25, 0.3) is 6.08 Å². The summed E-state index contributed by atoms with van der Waals surface area (Å²) in [6.07, 6.45) is 3.30. The zero-order valence-corrected chi connectivity index (χ0v) is 15.2.